The number of benzene rings is 1. The van der Waals surface area contributed by atoms with Crippen molar-refractivity contribution in [2.75, 3.05) is 13.6 Å². The van der Waals surface area contributed by atoms with Crippen molar-refractivity contribution in [1.29, 1.82) is 0 Å². The number of carbonyl (C=O) groups excluding carboxylic acids is 1. The molecule has 0 aliphatic rings. The van der Waals surface area contributed by atoms with Gasteiger partial charge in [0.2, 0.25) is 0 Å². The number of carboxylic acids is 1. The van der Waals surface area contributed by atoms with Gasteiger partial charge in [0.15, 0.2) is 5.78 Å². The van der Waals surface area contributed by atoms with E-state index >= 15 is 0 Å². The number of hydrogen-bond acceptors (Lipinski definition) is 4. The first-order chi connectivity index (χ1) is 8.04. The van der Waals surface area contributed by atoms with Crippen molar-refractivity contribution in [3.05, 3.63) is 35.4 Å². The third kappa shape index (κ3) is 3.97. The van der Waals surface area contributed by atoms with Gasteiger partial charge in [-0.15, -0.1) is 0 Å². The molecule has 0 aliphatic heterocycles. The van der Waals surface area contributed by atoms with Crippen LogP contribution in [0.1, 0.15) is 15.9 Å². The van der Waals surface area contributed by atoms with E-state index < -0.39 is 12.0 Å². The summed E-state index contributed by atoms with van der Waals surface area (Å²) in [7, 11) is 1.71. The number of aliphatic carboxylic acids is 1. The zero-order valence-corrected chi connectivity index (χ0v) is 9.64. The van der Waals surface area contributed by atoms with Crippen LogP contribution in [0.25, 0.3) is 0 Å². The Hall–Kier alpha value is -1.72. The second kappa shape index (κ2) is 6.12. The predicted octanol–water partition coefficient (Wildman–Crippen LogP) is 0.0431. The van der Waals surface area contributed by atoms with E-state index in [1.165, 1.54) is 0 Å². The lowest BCUT2D eigenvalue weighted by Crippen LogP contribution is -2.32. The molecule has 1 unspecified atom stereocenters. The number of nitrogens with one attached hydrogen (secondary N) is 1. The van der Waals surface area contributed by atoms with E-state index in [-0.39, 0.29) is 18.7 Å². The topological polar surface area (TPSA) is 92.4 Å². The predicted molar refractivity (Wildman–Crippen MR) is 64.0 cm³/mol. The average molecular weight is 236 g/mol. The number of nitrogens with two attached hydrogens (primary N) is 1. The molecule has 0 aromatic heterocycles. The first kappa shape index (κ1) is 13.3. The fourth-order valence-corrected chi connectivity index (χ4v) is 1.43. The van der Waals surface area contributed by atoms with Crippen molar-refractivity contribution in [3.8, 4) is 0 Å². The van der Waals surface area contributed by atoms with Gasteiger partial charge in [-0.3, -0.25) is 9.59 Å². The maximum atomic E-state index is 11.5. The third-order valence-electron chi connectivity index (χ3n) is 2.39. The number of rotatable bonds is 6. The maximum Gasteiger partial charge on any atom is 0.320 e. The van der Waals surface area contributed by atoms with Gasteiger partial charge in [0.05, 0.1) is 6.54 Å². The van der Waals surface area contributed by atoms with Crippen LogP contribution >= 0.6 is 0 Å². The minimum Gasteiger partial charge on any atom is -0.480 e. The summed E-state index contributed by atoms with van der Waals surface area (Å²) in [6.45, 7) is 0.286. The fraction of sp³-hybridized carbons (Fsp3) is 0.333. The van der Waals surface area contributed by atoms with Gasteiger partial charge >= 0.3 is 5.97 Å². The van der Waals surface area contributed by atoms with Crippen molar-refractivity contribution in [2.45, 2.75) is 12.5 Å². The molecule has 1 atom stereocenters. The van der Waals surface area contributed by atoms with Gasteiger partial charge in [0, 0.05) is 5.56 Å². The molecular weight excluding hydrogens is 220 g/mol. The van der Waals surface area contributed by atoms with Gasteiger partial charge in [-0.1, -0.05) is 24.3 Å². The summed E-state index contributed by atoms with van der Waals surface area (Å²) in [5.41, 5.74) is 6.83. The summed E-state index contributed by atoms with van der Waals surface area (Å²) in [6.07, 6.45) is 0.260. The largest absolute Gasteiger partial charge is 0.480 e. The quantitative estimate of drug-likeness (QED) is 0.607. The monoisotopic (exact) mass is 236 g/mol. The van der Waals surface area contributed by atoms with Crippen LogP contribution in [0.15, 0.2) is 24.3 Å². The number of carbonyl (C=O) groups is 2. The van der Waals surface area contributed by atoms with Crippen LogP contribution in [0.2, 0.25) is 0 Å². The number of carboxylic acid groups (broad SMARTS) is 1. The number of hydrogen-bond donors (Lipinski definition) is 3. The molecule has 5 nitrogen and oxygen atoms in total. The summed E-state index contributed by atoms with van der Waals surface area (Å²) < 4.78 is 0. The Morgan fingerprint density at radius 2 is 1.94 bits per heavy atom. The molecule has 0 radical (unpaired) electrons. The van der Waals surface area contributed by atoms with Gasteiger partial charge in [-0.05, 0) is 19.0 Å². The summed E-state index contributed by atoms with van der Waals surface area (Å²) in [6, 6.07) is 5.92. The lowest BCUT2D eigenvalue weighted by atomic mass is 10.0. The molecule has 1 aromatic carbocycles. The van der Waals surface area contributed by atoms with Crippen LogP contribution in [0, 0.1) is 0 Å². The van der Waals surface area contributed by atoms with Crippen molar-refractivity contribution >= 4 is 11.8 Å². The molecule has 0 saturated carbocycles. The van der Waals surface area contributed by atoms with Gasteiger partial charge in [0.1, 0.15) is 6.04 Å². The van der Waals surface area contributed by atoms with E-state index in [0.29, 0.717) is 5.56 Å². The van der Waals surface area contributed by atoms with E-state index in [9.17, 15) is 9.59 Å². The Kier molecular flexibility index (Phi) is 4.81. The minimum atomic E-state index is -1.03. The van der Waals surface area contributed by atoms with E-state index in [1.54, 1.807) is 31.3 Å². The Bertz CT molecular complexity index is 401. The third-order valence-corrected chi connectivity index (χ3v) is 2.39. The minimum absolute atomic E-state index is 0.00147. The van der Waals surface area contributed by atoms with Gasteiger partial charge in [-0.2, -0.15) is 0 Å². The molecule has 0 heterocycles. The maximum absolute atomic E-state index is 11.5. The summed E-state index contributed by atoms with van der Waals surface area (Å²) in [5, 5.41) is 11.4. The average Bonchev–Trinajstić information content (AvgIpc) is 2.30. The first-order valence-electron chi connectivity index (χ1n) is 5.29. The highest BCUT2D eigenvalue weighted by molar-refractivity contribution is 5.97. The van der Waals surface area contributed by atoms with Crippen LogP contribution < -0.4 is 11.1 Å². The lowest BCUT2D eigenvalue weighted by Gasteiger charge is -2.07. The molecule has 0 fully saturated rings. The highest BCUT2D eigenvalue weighted by Crippen LogP contribution is 2.07. The standard InChI is InChI=1S/C12H16N2O3/c1-14-7-11(15)9-4-2-8(3-5-9)6-10(13)12(16)17/h2-5,10,14H,6-7,13H2,1H3,(H,16,17). The molecule has 0 aliphatic carbocycles. The van der Waals surface area contributed by atoms with E-state index in [1.807, 2.05) is 0 Å². The zero-order chi connectivity index (χ0) is 12.8. The van der Waals surface area contributed by atoms with Crippen molar-refractivity contribution in [3.63, 3.8) is 0 Å². The SMILES string of the molecule is CNCC(=O)c1ccc(CC(N)C(=O)O)cc1. The molecule has 5 heteroatoms. The lowest BCUT2D eigenvalue weighted by molar-refractivity contribution is -0.138. The highest BCUT2D eigenvalue weighted by Gasteiger charge is 2.12. The van der Waals surface area contributed by atoms with Gasteiger partial charge in [0.25, 0.3) is 0 Å². The fourth-order valence-electron chi connectivity index (χ4n) is 1.43. The molecule has 0 saturated heterocycles. The van der Waals surface area contributed by atoms with Crippen molar-refractivity contribution in [1.82, 2.24) is 5.32 Å². The van der Waals surface area contributed by atoms with Crippen molar-refractivity contribution in [2.24, 2.45) is 5.73 Å². The Balaban J connectivity index is 2.68. The normalized spacial score (nSPS) is 12.1. The van der Waals surface area contributed by atoms with E-state index in [4.69, 9.17) is 10.8 Å². The molecule has 0 amide bonds. The van der Waals surface area contributed by atoms with Gasteiger partial charge < -0.3 is 16.2 Å². The second-order valence-corrected chi connectivity index (χ2v) is 3.80. The zero-order valence-electron chi connectivity index (χ0n) is 9.64. The molecule has 1 aromatic rings. The molecule has 4 N–H and O–H groups in total. The molecule has 1 rings (SSSR count). The second-order valence-electron chi connectivity index (χ2n) is 3.80. The summed E-state index contributed by atoms with van der Waals surface area (Å²) in [5.74, 6) is -1.03. The number of Topliss-reactive ketones (excluding diaryl/α,β-unsaturated/α-hetero) is 1. The molecule has 0 spiro atoms. The van der Waals surface area contributed by atoms with Crippen LogP contribution in [-0.4, -0.2) is 36.5 Å². The molecule has 0 bridgehead atoms. The van der Waals surface area contributed by atoms with Crippen LogP contribution in [0.3, 0.4) is 0 Å². The smallest absolute Gasteiger partial charge is 0.320 e. The molecule has 92 valence electrons. The first-order valence-corrected chi connectivity index (χ1v) is 5.29. The summed E-state index contributed by atoms with van der Waals surface area (Å²) in [4.78, 5) is 22.1. The van der Waals surface area contributed by atoms with E-state index in [0.717, 1.165) is 5.56 Å². The molecule has 17 heavy (non-hydrogen) atoms. The summed E-state index contributed by atoms with van der Waals surface area (Å²) >= 11 is 0. The highest BCUT2D eigenvalue weighted by atomic mass is 16.4. The Labute approximate surface area is 99.6 Å². The Morgan fingerprint density at radius 1 is 1.35 bits per heavy atom. The van der Waals surface area contributed by atoms with Crippen molar-refractivity contribution < 1.29 is 14.7 Å². The van der Waals surface area contributed by atoms with Crippen LogP contribution in [0.5, 0.6) is 0 Å². The van der Waals surface area contributed by atoms with Crippen LogP contribution in [0.4, 0.5) is 0 Å². The molecular formula is C12H16N2O3. The van der Waals surface area contributed by atoms with Crippen LogP contribution in [-0.2, 0) is 11.2 Å². The Morgan fingerprint density at radius 3 is 2.41 bits per heavy atom. The van der Waals surface area contributed by atoms with Gasteiger partial charge in [-0.25, -0.2) is 0 Å². The number of ketones is 1. The van der Waals surface area contributed by atoms with E-state index in [2.05, 4.69) is 5.32 Å². The number of likely N-dealkylation sites (N-methyl/N-ethyl adjacent to an activating group) is 1.